The van der Waals surface area contributed by atoms with Crippen LogP contribution in [0.5, 0.6) is 5.75 Å². The molecule has 9 heteroatoms. The molecule has 146 valence electrons. The standard InChI is InChI=1S/C19H17ClFN3O4/c1-28-16-7-5-12(10-15(16)24-8-2-3-17(24)25)23-19(27)18(26)22-11-4-6-14(21)13(20)9-11/h4-7,9-10H,2-3,8H2,1H3,(H,22,26)(H,23,27). The smallest absolute Gasteiger partial charge is 0.314 e. The molecule has 2 N–H and O–H groups in total. The van der Waals surface area contributed by atoms with Crippen LogP contribution in [0.15, 0.2) is 36.4 Å². The molecule has 1 heterocycles. The van der Waals surface area contributed by atoms with E-state index in [9.17, 15) is 18.8 Å². The number of rotatable bonds is 4. The van der Waals surface area contributed by atoms with Crippen LogP contribution in [0.1, 0.15) is 12.8 Å². The van der Waals surface area contributed by atoms with Gasteiger partial charge in [0.15, 0.2) is 0 Å². The molecule has 7 nitrogen and oxygen atoms in total. The molecule has 1 aliphatic heterocycles. The van der Waals surface area contributed by atoms with Crippen LogP contribution in [-0.2, 0) is 14.4 Å². The minimum absolute atomic E-state index is 0.0345. The van der Waals surface area contributed by atoms with E-state index in [1.165, 1.54) is 19.2 Å². The number of hydrogen-bond acceptors (Lipinski definition) is 4. The van der Waals surface area contributed by atoms with E-state index in [1.54, 1.807) is 23.1 Å². The van der Waals surface area contributed by atoms with Crippen molar-refractivity contribution in [2.24, 2.45) is 0 Å². The van der Waals surface area contributed by atoms with Gasteiger partial charge in [-0.15, -0.1) is 0 Å². The average Bonchev–Trinajstić information content (AvgIpc) is 3.10. The number of ether oxygens (including phenoxy) is 1. The zero-order valence-electron chi connectivity index (χ0n) is 14.9. The minimum Gasteiger partial charge on any atom is -0.495 e. The number of benzene rings is 2. The fourth-order valence-electron chi connectivity index (χ4n) is 2.83. The van der Waals surface area contributed by atoms with Gasteiger partial charge in [-0.2, -0.15) is 0 Å². The maximum Gasteiger partial charge on any atom is 0.314 e. The van der Waals surface area contributed by atoms with Gasteiger partial charge in [0.1, 0.15) is 11.6 Å². The summed E-state index contributed by atoms with van der Waals surface area (Å²) in [6.45, 7) is 0.554. The summed E-state index contributed by atoms with van der Waals surface area (Å²) >= 11 is 5.66. The van der Waals surface area contributed by atoms with E-state index in [0.29, 0.717) is 30.1 Å². The van der Waals surface area contributed by atoms with Crippen LogP contribution in [0.2, 0.25) is 5.02 Å². The summed E-state index contributed by atoms with van der Waals surface area (Å²) in [5.74, 6) is -2.06. The molecular weight excluding hydrogens is 389 g/mol. The molecule has 0 bridgehead atoms. The van der Waals surface area contributed by atoms with Gasteiger partial charge in [-0.25, -0.2) is 4.39 Å². The highest BCUT2D eigenvalue weighted by Gasteiger charge is 2.25. The Bertz CT molecular complexity index is 951. The Balaban J connectivity index is 1.73. The second-order valence-electron chi connectivity index (χ2n) is 6.07. The zero-order valence-corrected chi connectivity index (χ0v) is 15.7. The highest BCUT2D eigenvalue weighted by molar-refractivity contribution is 6.43. The summed E-state index contributed by atoms with van der Waals surface area (Å²) in [6, 6.07) is 8.31. The van der Waals surface area contributed by atoms with Crippen molar-refractivity contribution in [3.63, 3.8) is 0 Å². The van der Waals surface area contributed by atoms with E-state index in [4.69, 9.17) is 16.3 Å². The molecule has 3 rings (SSSR count). The molecule has 0 aliphatic carbocycles. The minimum atomic E-state index is -0.947. The summed E-state index contributed by atoms with van der Waals surface area (Å²) < 4.78 is 18.5. The van der Waals surface area contributed by atoms with Crippen LogP contribution < -0.4 is 20.3 Å². The Morgan fingerprint density at radius 1 is 1.11 bits per heavy atom. The van der Waals surface area contributed by atoms with Crippen molar-refractivity contribution in [3.05, 3.63) is 47.2 Å². The van der Waals surface area contributed by atoms with Crippen molar-refractivity contribution < 1.29 is 23.5 Å². The van der Waals surface area contributed by atoms with Crippen LogP contribution in [-0.4, -0.2) is 31.4 Å². The van der Waals surface area contributed by atoms with Crippen molar-refractivity contribution in [3.8, 4) is 5.75 Å². The number of halogens is 2. The molecule has 0 atom stereocenters. The lowest BCUT2D eigenvalue weighted by atomic mass is 10.2. The van der Waals surface area contributed by atoms with Crippen molar-refractivity contribution in [2.75, 3.05) is 29.2 Å². The number of nitrogens with zero attached hydrogens (tertiary/aromatic N) is 1. The van der Waals surface area contributed by atoms with Gasteiger partial charge in [-0.3, -0.25) is 14.4 Å². The molecule has 0 radical (unpaired) electrons. The zero-order chi connectivity index (χ0) is 20.3. The molecule has 0 unspecified atom stereocenters. The molecule has 3 amide bonds. The first-order valence-corrected chi connectivity index (χ1v) is 8.82. The number of nitrogens with one attached hydrogen (secondary N) is 2. The molecule has 2 aromatic carbocycles. The van der Waals surface area contributed by atoms with Gasteiger partial charge in [0.2, 0.25) is 5.91 Å². The molecule has 1 aliphatic rings. The van der Waals surface area contributed by atoms with E-state index in [0.717, 1.165) is 12.5 Å². The molecule has 0 saturated carbocycles. The summed E-state index contributed by atoms with van der Waals surface area (Å²) in [4.78, 5) is 37.9. The first kappa shape index (κ1) is 19.6. The lowest BCUT2D eigenvalue weighted by Gasteiger charge is -2.20. The van der Waals surface area contributed by atoms with Gasteiger partial charge in [0.25, 0.3) is 0 Å². The van der Waals surface area contributed by atoms with Gasteiger partial charge in [-0.1, -0.05) is 11.6 Å². The van der Waals surface area contributed by atoms with E-state index < -0.39 is 17.6 Å². The van der Waals surface area contributed by atoms with E-state index >= 15 is 0 Å². The number of hydrogen-bond donors (Lipinski definition) is 2. The topological polar surface area (TPSA) is 87.7 Å². The Kier molecular flexibility index (Phi) is 5.79. The molecular formula is C19H17ClFN3O4. The van der Waals surface area contributed by atoms with Crippen molar-refractivity contribution in [2.45, 2.75) is 12.8 Å². The third-order valence-electron chi connectivity index (χ3n) is 4.18. The van der Waals surface area contributed by atoms with Crippen molar-refractivity contribution in [1.29, 1.82) is 0 Å². The maximum absolute atomic E-state index is 13.2. The van der Waals surface area contributed by atoms with Gasteiger partial charge in [0, 0.05) is 24.3 Å². The SMILES string of the molecule is COc1ccc(NC(=O)C(=O)Nc2ccc(F)c(Cl)c2)cc1N1CCCC1=O. The summed E-state index contributed by atoms with van der Waals surface area (Å²) in [7, 11) is 1.49. The van der Waals surface area contributed by atoms with Crippen LogP contribution in [0, 0.1) is 5.82 Å². The summed E-state index contributed by atoms with van der Waals surface area (Å²) in [5.41, 5.74) is 1.03. The lowest BCUT2D eigenvalue weighted by molar-refractivity contribution is -0.132. The van der Waals surface area contributed by atoms with Crippen LogP contribution in [0.3, 0.4) is 0 Å². The maximum atomic E-state index is 13.2. The predicted octanol–water partition coefficient (Wildman–Crippen LogP) is 3.19. The predicted molar refractivity (Wildman–Crippen MR) is 103 cm³/mol. The Hall–Kier alpha value is -3.13. The highest BCUT2D eigenvalue weighted by Crippen LogP contribution is 2.34. The average molecular weight is 406 g/mol. The Labute approximate surface area is 165 Å². The quantitative estimate of drug-likeness (QED) is 0.765. The second-order valence-corrected chi connectivity index (χ2v) is 6.48. The van der Waals surface area contributed by atoms with E-state index in [-0.39, 0.29) is 16.6 Å². The largest absolute Gasteiger partial charge is 0.495 e. The van der Waals surface area contributed by atoms with Crippen LogP contribution in [0.25, 0.3) is 0 Å². The Morgan fingerprint density at radius 3 is 2.32 bits per heavy atom. The van der Waals surface area contributed by atoms with Gasteiger partial charge in [-0.05, 0) is 42.8 Å². The second kappa shape index (κ2) is 8.26. The number of amides is 3. The Morgan fingerprint density at radius 2 is 1.75 bits per heavy atom. The van der Waals surface area contributed by atoms with Crippen LogP contribution in [0.4, 0.5) is 21.5 Å². The van der Waals surface area contributed by atoms with Gasteiger partial charge in [0.05, 0.1) is 17.8 Å². The molecule has 1 fully saturated rings. The highest BCUT2D eigenvalue weighted by atomic mass is 35.5. The van der Waals surface area contributed by atoms with Crippen molar-refractivity contribution in [1.82, 2.24) is 0 Å². The first-order chi connectivity index (χ1) is 13.4. The van der Waals surface area contributed by atoms with E-state index in [2.05, 4.69) is 10.6 Å². The third kappa shape index (κ3) is 4.23. The number of anilines is 3. The lowest BCUT2D eigenvalue weighted by Crippen LogP contribution is -2.29. The molecule has 2 aromatic rings. The monoisotopic (exact) mass is 405 g/mol. The fourth-order valence-corrected chi connectivity index (χ4v) is 3.01. The summed E-state index contributed by atoms with van der Waals surface area (Å²) in [5, 5.41) is 4.63. The number of carbonyl (C=O) groups excluding carboxylic acids is 3. The fraction of sp³-hybridized carbons (Fsp3) is 0.211. The molecule has 28 heavy (non-hydrogen) atoms. The van der Waals surface area contributed by atoms with Gasteiger partial charge >= 0.3 is 11.8 Å². The van der Waals surface area contributed by atoms with Gasteiger partial charge < -0.3 is 20.3 Å². The molecule has 1 saturated heterocycles. The summed E-state index contributed by atoms with van der Waals surface area (Å²) in [6.07, 6.45) is 1.18. The number of carbonyl (C=O) groups is 3. The molecule has 0 spiro atoms. The number of methoxy groups -OCH3 is 1. The first-order valence-electron chi connectivity index (χ1n) is 8.45. The van der Waals surface area contributed by atoms with E-state index in [1.807, 2.05) is 0 Å². The normalized spacial score (nSPS) is 13.4. The molecule has 0 aromatic heterocycles. The van der Waals surface area contributed by atoms with Crippen LogP contribution >= 0.6 is 11.6 Å². The van der Waals surface area contributed by atoms with Crippen molar-refractivity contribution >= 4 is 46.4 Å². The third-order valence-corrected chi connectivity index (χ3v) is 4.47.